The molecular weight excluding hydrogens is 378 g/mol. The van der Waals surface area contributed by atoms with Crippen LogP contribution in [-0.4, -0.2) is 30.3 Å². The summed E-state index contributed by atoms with van der Waals surface area (Å²) in [4.78, 5) is 14.9. The second-order valence-corrected chi connectivity index (χ2v) is 8.45. The number of hydrogen-bond acceptors (Lipinski definition) is 2. The van der Waals surface area contributed by atoms with Crippen molar-refractivity contribution in [2.45, 2.75) is 59.3 Å². The van der Waals surface area contributed by atoms with Crippen LogP contribution in [0.2, 0.25) is 0 Å². The predicted molar refractivity (Wildman–Crippen MR) is 132 cm³/mol. The number of carbonyl (C=O) groups is 1. The maximum atomic E-state index is 12.4. The molecule has 1 atom stereocenters. The Balaban J connectivity index is 0.00000112. The van der Waals surface area contributed by atoms with E-state index in [0.29, 0.717) is 18.1 Å². The van der Waals surface area contributed by atoms with Gasteiger partial charge < -0.3 is 4.90 Å². The Morgan fingerprint density at radius 3 is 2.45 bits per heavy atom. The Kier molecular flexibility index (Phi) is 6.57. The molecule has 0 fully saturated rings. The number of Topliss-reactive ketones (excluding diaryl/α,β-unsaturated/α-hetero) is 1. The van der Waals surface area contributed by atoms with Crippen LogP contribution >= 0.6 is 0 Å². The first-order valence-corrected chi connectivity index (χ1v) is 12.1. The first kappa shape index (κ1) is 21.8. The average molecular weight is 414 g/mol. The fourth-order valence-electron chi connectivity index (χ4n) is 5.43. The van der Waals surface area contributed by atoms with E-state index in [1.165, 1.54) is 39.0 Å². The van der Waals surface area contributed by atoms with E-state index in [9.17, 15) is 4.79 Å². The van der Waals surface area contributed by atoms with Crippen LogP contribution in [0.1, 0.15) is 85.5 Å². The topological polar surface area (TPSA) is 20.3 Å². The molecule has 0 bridgehead atoms. The molecule has 2 aromatic rings. The summed E-state index contributed by atoms with van der Waals surface area (Å²) >= 11 is 0. The van der Waals surface area contributed by atoms with Gasteiger partial charge in [0.15, 0.2) is 5.78 Å². The molecule has 1 unspecified atom stereocenters. The molecule has 0 saturated carbocycles. The first-order valence-electron chi connectivity index (χ1n) is 12.1. The Labute approximate surface area is 187 Å². The van der Waals surface area contributed by atoms with E-state index < -0.39 is 0 Å². The van der Waals surface area contributed by atoms with Crippen molar-refractivity contribution in [3.63, 3.8) is 0 Å². The molecule has 3 aliphatic rings. The second-order valence-electron chi connectivity index (χ2n) is 8.45. The van der Waals surface area contributed by atoms with Crippen LogP contribution in [0.5, 0.6) is 0 Å². The van der Waals surface area contributed by atoms with Crippen LogP contribution in [0, 0.1) is 0 Å². The van der Waals surface area contributed by atoms with Gasteiger partial charge in [-0.25, -0.2) is 0 Å². The molecular formula is C29H35NO. The molecule has 5 rings (SSSR count). The van der Waals surface area contributed by atoms with Gasteiger partial charge >= 0.3 is 0 Å². The van der Waals surface area contributed by atoms with Gasteiger partial charge in [-0.15, -0.1) is 0 Å². The van der Waals surface area contributed by atoms with Crippen LogP contribution < -0.4 is 0 Å². The summed E-state index contributed by atoms with van der Waals surface area (Å²) in [5.41, 5.74) is 10.5. The van der Waals surface area contributed by atoms with Crippen LogP contribution in [0.25, 0.3) is 16.7 Å². The first-order chi connectivity index (χ1) is 15.2. The number of benzene rings is 2. The molecule has 2 nitrogen and oxygen atoms in total. The molecule has 0 radical (unpaired) electrons. The quantitative estimate of drug-likeness (QED) is 0.507. The minimum atomic E-state index is 0.313. The number of carbonyl (C=O) groups excluding carboxylic acids is 1. The number of rotatable bonds is 6. The lowest BCUT2D eigenvalue weighted by Gasteiger charge is -2.21. The number of hydrogen-bond donors (Lipinski definition) is 0. The maximum Gasteiger partial charge on any atom is 0.163 e. The van der Waals surface area contributed by atoms with Gasteiger partial charge in [0.1, 0.15) is 0 Å². The largest absolute Gasteiger partial charge is 0.304 e. The monoisotopic (exact) mass is 413 g/mol. The SMILES string of the molecule is CC.CCN(CC)CCC1c2ccc(C3=CCC=C3)cc2-c2c1ccc1c2CCC1=O. The standard InChI is InChI=1S/C27H29NO.C2H6/c1-3-28(4-2)16-15-21-20-10-9-19(18-7-5-6-8-18)17-25(20)27-23(21)12-11-22-24(27)13-14-26(22)29;1-2/h5,7-12,17,21H,3-4,6,13-16H2,1-2H3;1-2H3. The van der Waals surface area contributed by atoms with E-state index in [2.05, 4.69) is 67.3 Å². The summed E-state index contributed by atoms with van der Waals surface area (Å²) in [5.74, 6) is 0.747. The Bertz CT molecular complexity index is 1040. The Hall–Kier alpha value is -2.45. The molecule has 0 aromatic heterocycles. The summed E-state index contributed by atoms with van der Waals surface area (Å²) in [6.07, 6.45) is 10.5. The van der Waals surface area contributed by atoms with Crippen molar-refractivity contribution in [2.24, 2.45) is 0 Å². The molecule has 0 N–H and O–H groups in total. The average Bonchev–Trinajstić information content (AvgIpc) is 3.54. The lowest BCUT2D eigenvalue weighted by atomic mass is 9.91. The van der Waals surface area contributed by atoms with E-state index in [0.717, 1.165) is 44.5 Å². The van der Waals surface area contributed by atoms with Gasteiger partial charge in [0.25, 0.3) is 0 Å². The highest BCUT2D eigenvalue weighted by atomic mass is 16.1. The minimum absolute atomic E-state index is 0.313. The lowest BCUT2D eigenvalue weighted by molar-refractivity contribution is 0.0994. The molecule has 2 aromatic carbocycles. The third kappa shape index (κ3) is 3.83. The van der Waals surface area contributed by atoms with Gasteiger partial charge in [0.05, 0.1) is 0 Å². The summed E-state index contributed by atoms with van der Waals surface area (Å²) in [5, 5.41) is 0. The lowest BCUT2D eigenvalue weighted by Crippen LogP contribution is -2.25. The smallest absolute Gasteiger partial charge is 0.163 e. The van der Waals surface area contributed by atoms with Crippen LogP contribution in [0.4, 0.5) is 0 Å². The minimum Gasteiger partial charge on any atom is -0.304 e. The number of ketones is 1. The predicted octanol–water partition coefficient (Wildman–Crippen LogP) is 7.03. The van der Waals surface area contributed by atoms with Crippen molar-refractivity contribution < 1.29 is 4.79 Å². The normalized spacial score (nSPS) is 17.9. The maximum absolute atomic E-state index is 12.4. The highest BCUT2D eigenvalue weighted by molar-refractivity contribution is 6.04. The highest BCUT2D eigenvalue weighted by Gasteiger charge is 2.34. The highest BCUT2D eigenvalue weighted by Crippen LogP contribution is 2.50. The van der Waals surface area contributed by atoms with Crippen molar-refractivity contribution in [1.82, 2.24) is 4.90 Å². The fraction of sp³-hybridized carbons (Fsp3) is 0.414. The van der Waals surface area contributed by atoms with E-state index in [-0.39, 0.29) is 0 Å². The zero-order valence-corrected chi connectivity index (χ0v) is 19.5. The molecule has 0 spiro atoms. The van der Waals surface area contributed by atoms with Gasteiger partial charge in [-0.05, 0) is 83.9 Å². The van der Waals surface area contributed by atoms with E-state index in [4.69, 9.17) is 0 Å². The third-order valence-electron chi connectivity index (χ3n) is 7.05. The van der Waals surface area contributed by atoms with Crippen molar-refractivity contribution in [3.05, 3.63) is 76.4 Å². The molecule has 0 aliphatic heterocycles. The van der Waals surface area contributed by atoms with Gasteiger partial charge in [0, 0.05) is 17.9 Å². The van der Waals surface area contributed by atoms with Crippen molar-refractivity contribution in [2.75, 3.05) is 19.6 Å². The van der Waals surface area contributed by atoms with Crippen molar-refractivity contribution in [3.8, 4) is 11.1 Å². The van der Waals surface area contributed by atoms with Crippen LogP contribution in [-0.2, 0) is 6.42 Å². The van der Waals surface area contributed by atoms with Gasteiger partial charge in [0.2, 0.25) is 0 Å². The molecule has 0 heterocycles. The van der Waals surface area contributed by atoms with E-state index in [1.54, 1.807) is 0 Å². The van der Waals surface area contributed by atoms with E-state index in [1.807, 2.05) is 13.8 Å². The van der Waals surface area contributed by atoms with Gasteiger partial charge in [-0.3, -0.25) is 4.79 Å². The third-order valence-corrected chi connectivity index (χ3v) is 7.05. The van der Waals surface area contributed by atoms with E-state index >= 15 is 0 Å². The summed E-state index contributed by atoms with van der Waals surface area (Å²) in [6.45, 7) is 11.8. The molecule has 162 valence electrons. The second kappa shape index (κ2) is 9.36. The van der Waals surface area contributed by atoms with Gasteiger partial charge in [-0.2, -0.15) is 0 Å². The molecule has 0 saturated heterocycles. The molecule has 2 heteroatoms. The molecule has 0 amide bonds. The number of allylic oxidation sites excluding steroid dienone is 4. The van der Waals surface area contributed by atoms with Crippen molar-refractivity contribution >= 4 is 11.4 Å². The fourth-order valence-corrected chi connectivity index (χ4v) is 5.43. The van der Waals surface area contributed by atoms with Crippen LogP contribution in [0.3, 0.4) is 0 Å². The number of fused-ring (bicyclic) bond motifs is 5. The zero-order chi connectivity index (χ0) is 22.0. The number of nitrogens with zero attached hydrogens (tertiary/aromatic N) is 1. The van der Waals surface area contributed by atoms with Crippen LogP contribution in [0.15, 0.2) is 48.6 Å². The zero-order valence-electron chi connectivity index (χ0n) is 19.5. The Morgan fingerprint density at radius 2 is 1.74 bits per heavy atom. The molecule has 3 aliphatic carbocycles. The molecule has 31 heavy (non-hydrogen) atoms. The Morgan fingerprint density at radius 1 is 0.968 bits per heavy atom. The van der Waals surface area contributed by atoms with Gasteiger partial charge in [-0.1, -0.05) is 70.2 Å². The summed E-state index contributed by atoms with van der Waals surface area (Å²) in [6, 6.07) is 11.4. The summed E-state index contributed by atoms with van der Waals surface area (Å²) in [7, 11) is 0. The van der Waals surface area contributed by atoms with Crippen molar-refractivity contribution in [1.29, 1.82) is 0 Å². The summed E-state index contributed by atoms with van der Waals surface area (Å²) < 4.78 is 0.